The molecule has 1 spiro atoms. The molecule has 1 aromatic rings. The van der Waals surface area contributed by atoms with Crippen molar-refractivity contribution in [2.75, 3.05) is 27.7 Å². The van der Waals surface area contributed by atoms with Gasteiger partial charge in [0.15, 0.2) is 11.5 Å². The Kier molecular flexibility index (Phi) is 3.42. The number of likely N-dealkylation sites (N-methyl/N-ethyl adjacent to an activating group) is 1. The first-order chi connectivity index (χ1) is 11.0. The number of aliphatic hydroxyl groups is 1. The molecule has 2 aliphatic heterocycles. The molecule has 2 bridgehead atoms. The highest BCUT2D eigenvalue weighted by atomic mass is 79.9. The largest absolute Gasteiger partial charge is 1.00 e. The summed E-state index contributed by atoms with van der Waals surface area (Å²) in [6.45, 7) is 1.12. The van der Waals surface area contributed by atoms with Crippen molar-refractivity contribution in [3.05, 3.63) is 35.4 Å². The second-order valence-electron chi connectivity index (χ2n) is 8.13. The maximum Gasteiger partial charge on any atom is 0.165 e. The summed E-state index contributed by atoms with van der Waals surface area (Å²) in [5.74, 6) is 2.12. The van der Waals surface area contributed by atoms with E-state index in [1.807, 2.05) is 12.1 Å². The number of ether oxygens (including phenoxy) is 2. The van der Waals surface area contributed by atoms with E-state index in [1.54, 1.807) is 7.11 Å². The monoisotopic (exact) mass is 393 g/mol. The van der Waals surface area contributed by atoms with Crippen molar-refractivity contribution >= 4 is 0 Å². The van der Waals surface area contributed by atoms with Gasteiger partial charge in [0.1, 0.15) is 18.2 Å². The normalized spacial score (nSPS) is 39.5. The zero-order valence-electron chi connectivity index (χ0n) is 14.3. The van der Waals surface area contributed by atoms with Gasteiger partial charge < -0.3 is 36.0 Å². The Morgan fingerprint density at radius 1 is 1.29 bits per heavy atom. The Labute approximate surface area is 153 Å². The molecule has 2 heterocycles. The van der Waals surface area contributed by atoms with Crippen LogP contribution >= 0.6 is 0 Å². The number of aliphatic hydroxyl groups excluding tert-OH is 1. The van der Waals surface area contributed by atoms with Crippen molar-refractivity contribution in [3.8, 4) is 11.5 Å². The second kappa shape index (κ2) is 4.99. The summed E-state index contributed by atoms with van der Waals surface area (Å²) in [6.07, 6.45) is 5.64. The Balaban J connectivity index is 0.00000146. The van der Waals surface area contributed by atoms with Crippen LogP contribution in [0.5, 0.6) is 11.5 Å². The predicted molar refractivity (Wildman–Crippen MR) is 86.8 cm³/mol. The number of hydrogen-bond acceptors (Lipinski definition) is 3. The van der Waals surface area contributed by atoms with Crippen molar-refractivity contribution < 1.29 is 36.0 Å². The minimum Gasteiger partial charge on any atom is -1.00 e. The topological polar surface area (TPSA) is 38.7 Å². The molecule has 5 atom stereocenters. The summed E-state index contributed by atoms with van der Waals surface area (Å²) in [5.41, 5.74) is 2.63. The predicted octanol–water partition coefficient (Wildman–Crippen LogP) is -1.35. The highest BCUT2D eigenvalue weighted by Gasteiger charge is 2.67. The van der Waals surface area contributed by atoms with Crippen LogP contribution < -0.4 is 26.5 Å². The van der Waals surface area contributed by atoms with Gasteiger partial charge in [0.25, 0.3) is 0 Å². The first-order valence-electron chi connectivity index (χ1n) is 8.55. The molecular formula is C19H24BrNO3. The molecule has 4 aliphatic rings. The number of methoxy groups -OCH3 is 1. The molecule has 4 nitrogen and oxygen atoms in total. The summed E-state index contributed by atoms with van der Waals surface area (Å²) in [4.78, 5) is 0. The van der Waals surface area contributed by atoms with E-state index in [2.05, 4.69) is 26.2 Å². The third-order valence-corrected chi connectivity index (χ3v) is 6.91. The smallest absolute Gasteiger partial charge is 0.165 e. The van der Waals surface area contributed by atoms with Crippen molar-refractivity contribution in [2.24, 2.45) is 5.92 Å². The molecule has 5 heteroatoms. The highest BCUT2D eigenvalue weighted by molar-refractivity contribution is 5.61. The maximum atomic E-state index is 10.6. The zero-order valence-corrected chi connectivity index (χ0v) is 15.9. The number of rotatable bonds is 1. The van der Waals surface area contributed by atoms with Crippen LogP contribution in [0.1, 0.15) is 17.5 Å². The maximum absolute atomic E-state index is 10.6. The van der Waals surface area contributed by atoms with E-state index in [-0.39, 0.29) is 28.5 Å². The highest BCUT2D eigenvalue weighted by Crippen LogP contribution is 2.63. The molecule has 5 rings (SSSR count). The molecule has 0 radical (unpaired) electrons. The van der Waals surface area contributed by atoms with E-state index in [1.165, 1.54) is 11.1 Å². The van der Waals surface area contributed by atoms with Gasteiger partial charge >= 0.3 is 0 Å². The zero-order chi connectivity index (χ0) is 16.0. The van der Waals surface area contributed by atoms with E-state index in [9.17, 15) is 5.11 Å². The van der Waals surface area contributed by atoms with Crippen LogP contribution in [0.2, 0.25) is 0 Å². The Morgan fingerprint density at radius 3 is 2.83 bits per heavy atom. The quantitative estimate of drug-likeness (QED) is 0.473. The van der Waals surface area contributed by atoms with Gasteiger partial charge in [-0.2, -0.15) is 0 Å². The van der Waals surface area contributed by atoms with E-state index >= 15 is 0 Å². The van der Waals surface area contributed by atoms with E-state index in [4.69, 9.17) is 9.47 Å². The lowest BCUT2D eigenvalue weighted by Gasteiger charge is -2.58. The van der Waals surface area contributed by atoms with Crippen LogP contribution in [0, 0.1) is 5.92 Å². The number of halogens is 1. The van der Waals surface area contributed by atoms with Gasteiger partial charge in [0.05, 0.1) is 33.2 Å². The first-order valence-corrected chi connectivity index (χ1v) is 8.55. The van der Waals surface area contributed by atoms with Crippen molar-refractivity contribution in [1.82, 2.24) is 0 Å². The van der Waals surface area contributed by atoms with E-state index in [0.717, 1.165) is 35.4 Å². The number of benzene rings is 1. The van der Waals surface area contributed by atoms with Gasteiger partial charge in [0.2, 0.25) is 0 Å². The second-order valence-corrected chi connectivity index (χ2v) is 8.13. The Hall–Kier alpha value is -1.04. The van der Waals surface area contributed by atoms with E-state index in [0.29, 0.717) is 12.0 Å². The van der Waals surface area contributed by atoms with Crippen LogP contribution in [-0.2, 0) is 11.8 Å². The fourth-order valence-corrected chi connectivity index (χ4v) is 5.75. The van der Waals surface area contributed by atoms with Crippen LogP contribution in [0.25, 0.3) is 0 Å². The SMILES string of the molecule is COc1ccc2c3c1O[C@H]1[C@@H](O)C=C[C@H]4[C@@H](C2)[N+](C)(C)CC[C@@]341.[Br-]. The summed E-state index contributed by atoms with van der Waals surface area (Å²) in [7, 11) is 6.38. The fourth-order valence-electron chi connectivity index (χ4n) is 5.75. The molecule has 130 valence electrons. The van der Waals surface area contributed by atoms with Gasteiger partial charge in [-0.1, -0.05) is 18.2 Å². The molecule has 1 saturated heterocycles. The van der Waals surface area contributed by atoms with Crippen LogP contribution in [0.15, 0.2) is 24.3 Å². The summed E-state index contributed by atoms with van der Waals surface area (Å²) >= 11 is 0. The van der Waals surface area contributed by atoms with Crippen LogP contribution in [0.4, 0.5) is 0 Å². The van der Waals surface area contributed by atoms with Crippen molar-refractivity contribution in [3.63, 3.8) is 0 Å². The van der Waals surface area contributed by atoms with Gasteiger partial charge in [-0.05, 0) is 11.6 Å². The van der Waals surface area contributed by atoms with Gasteiger partial charge in [-0.25, -0.2) is 0 Å². The first kappa shape index (κ1) is 16.4. The number of likely N-dealkylation sites (tertiary alicyclic amines) is 1. The molecule has 0 aromatic heterocycles. The lowest BCUT2D eigenvalue weighted by Crippen LogP contribution is -3.00. The molecule has 0 unspecified atom stereocenters. The van der Waals surface area contributed by atoms with Gasteiger partial charge in [-0.15, -0.1) is 0 Å². The van der Waals surface area contributed by atoms with Gasteiger partial charge in [-0.3, -0.25) is 0 Å². The minimum atomic E-state index is -0.538. The molecule has 0 saturated carbocycles. The number of hydrogen-bond donors (Lipinski definition) is 1. The fraction of sp³-hybridized carbons (Fsp3) is 0.579. The third-order valence-electron chi connectivity index (χ3n) is 6.91. The van der Waals surface area contributed by atoms with Crippen LogP contribution in [-0.4, -0.2) is 55.6 Å². The minimum absolute atomic E-state index is 0. The lowest BCUT2D eigenvalue weighted by molar-refractivity contribution is -0.926. The van der Waals surface area contributed by atoms with Gasteiger partial charge in [0, 0.05) is 24.3 Å². The summed E-state index contributed by atoms with van der Waals surface area (Å²) < 4.78 is 12.9. The lowest BCUT2D eigenvalue weighted by atomic mass is 9.53. The summed E-state index contributed by atoms with van der Waals surface area (Å²) in [6, 6.07) is 4.79. The molecule has 1 aromatic carbocycles. The number of nitrogens with zero attached hydrogens (tertiary/aromatic N) is 1. The van der Waals surface area contributed by atoms with E-state index < -0.39 is 6.10 Å². The number of piperidine rings is 1. The molecule has 1 N–H and O–H groups in total. The molecule has 1 fully saturated rings. The molecule has 0 amide bonds. The third kappa shape index (κ3) is 1.71. The van der Waals surface area contributed by atoms with Crippen LogP contribution in [0.3, 0.4) is 0 Å². The molecule has 2 aliphatic carbocycles. The summed E-state index contributed by atoms with van der Waals surface area (Å²) in [5, 5.41) is 10.6. The average Bonchev–Trinajstić information content (AvgIpc) is 2.88. The average molecular weight is 394 g/mol. The molecule has 24 heavy (non-hydrogen) atoms. The molecular weight excluding hydrogens is 370 g/mol. The Morgan fingerprint density at radius 2 is 2.08 bits per heavy atom. The van der Waals surface area contributed by atoms with Crippen molar-refractivity contribution in [1.29, 1.82) is 0 Å². The number of quaternary nitrogens is 1. The Bertz CT molecular complexity index is 732. The standard InChI is InChI=1S/C19H24NO3.BrH/c1-20(2)9-8-19-12-5-6-14(21)18(19)23-17-15(22-3)7-4-11(16(17)19)10-13(12)20;/h4-7,12-14,18,21H,8-10H2,1-3H3;1H/q+1;/p-1/t12-,13+,14-,18-,19-;/m0./s1. The van der Waals surface area contributed by atoms with Crippen molar-refractivity contribution in [2.45, 2.75) is 36.5 Å².